The molecule has 0 N–H and O–H groups in total. The van der Waals surface area contributed by atoms with Crippen molar-refractivity contribution in [3.63, 3.8) is 0 Å². The lowest BCUT2D eigenvalue weighted by Gasteiger charge is -2.25. The molecule has 7 nitrogen and oxygen atoms in total. The highest BCUT2D eigenvalue weighted by molar-refractivity contribution is 7.90. The summed E-state index contributed by atoms with van der Waals surface area (Å²) in [5.41, 5.74) is 0.114. The van der Waals surface area contributed by atoms with Gasteiger partial charge in [0, 0.05) is 25.3 Å². The van der Waals surface area contributed by atoms with Crippen molar-refractivity contribution in [3.8, 4) is 0 Å². The molecule has 2 unspecified atom stereocenters. The Bertz CT molecular complexity index is 778. The molecule has 2 fully saturated rings. The van der Waals surface area contributed by atoms with Gasteiger partial charge in [0.1, 0.15) is 10.8 Å². The van der Waals surface area contributed by atoms with E-state index in [4.69, 9.17) is 16.3 Å². The minimum Gasteiger partial charge on any atom is -0.444 e. The van der Waals surface area contributed by atoms with Crippen LogP contribution in [0.1, 0.15) is 32.4 Å². The van der Waals surface area contributed by atoms with E-state index in [0.717, 1.165) is 6.26 Å². The van der Waals surface area contributed by atoms with Crippen LogP contribution in [-0.4, -0.2) is 54.3 Å². The molecule has 2 heterocycles. The molecule has 2 aliphatic rings. The Balaban J connectivity index is 1.70. The third-order valence-electron chi connectivity index (χ3n) is 4.21. The number of carbonyl (C=O) groups excluding carboxylic acids is 1. The van der Waals surface area contributed by atoms with E-state index in [1.807, 2.05) is 20.8 Å². The number of halogens is 1. The molecule has 1 aromatic rings. The van der Waals surface area contributed by atoms with Gasteiger partial charge < -0.3 is 9.64 Å². The Labute approximate surface area is 146 Å². The molecule has 9 heteroatoms. The van der Waals surface area contributed by atoms with Gasteiger partial charge in [-0.1, -0.05) is 11.6 Å². The van der Waals surface area contributed by atoms with Crippen LogP contribution >= 0.6 is 11.6 Å². The molecule has 1 aliphatic carbocycles. The van der Waals surface area contributed by atoms with Gasteiger partial charge in [0.15, 0.2) is 0 Å². The Morgan fingerprint density at radius 3 is 2.38 bits per heavy atom. The molecule has 0 radical (unpaired) electrons. The first-order chi connectivity index (χ1) is 11.0. The Hall–Kier alpha value is -1.41. The summed E-state index contributed by atoms with van der Waals surface area (Å²) in [5.74, 6) is 0.636. The van der Waals surface area contributed by atoms with Crippen LogP contribution in [0.15, 0.2) is 11.2 Å². The van der Waals surface area contributed by atoms with Crippen LogP contribution < -0.4 is 0 Å². The van der Waals surface area contributed by atoms with Gasteiger partial charge in [-0.05, 0) is 38.7 Å². The van der Waals surface area contributed by atoms with E-state index in [-0.39, 0.29) is 34.2 Å². The Morgan fingerprint density at radius 1 is 1.29 bits per heavy atom. The zero-order valence-corrected chi connectivity index (χ0v) is 15.6. The molecule has 1 saturated heterocycles. The molecular formula is C15H20ClN3O4S. The third-order valence-corrected chi connectivity index (χ3v) is 5.25. The molecule has 1 aliphatic heterocycles. The summed E-state index contributed by atoms with van der Waals surface area (Å²) in [6, 6.07) is 1.61. The van der Waals surface area contributed by atoms with Crippen molar-refractivity contribution in [3.05, 3.63) is 16.9 Å². The second kappa shape index (κ2) is 5.56. The zero-order valence-electron chi connectivity index (χ0n) is 14.0. The predicted octanol–water partition coefficient (Wildman–Crippen LogP) is 2.11. The highest BCUT2D eigenvalue weighted by atomic mass is 35.5. The van der Waals surface area contributed by atoms with Crippen LogP contribution in [0.25, 0.3) is 0 Å². The molecular weight excluding hydrogens is 354 g/mol. The highest BCUT2D eigenvalue weighted by Gasteiger charge is 2.58. The molecule has 24 heavy (non-hydrogen) atoms. The number of likely N-dealkylation sites (tertiary alicyclic amines) is 1. The number of sulfone groups is 1. The van der Waals surface area contributed by atoms with E-state index in [9.17, 15) is 13.2 Å². The van der Waals surface area contributed by atoms with E-state index in [0.29, 0.717) is 18.8 Å². The van der Waals surface area contributed by atoms with Gasteiger partial charge in [0.2, 0.25) is 15.0 Å². The maximum atomic E-state index is 12.1. The third kappa shape index (κ3) is 3.49. The summed E-state index contributed by atoms with van der Waals surface area (Å²) >= 11 is 5.94. The number of nitrogens with zero attached hydrogens (tertiary/aromatic N) is 3. The maximum Gasteiger partial charge on any atom is 0.410 e. The van der Waals surface area contributed by atoms with Crippen molar-refractivity contribution in [2.24, 2.45) is 11.8 Å². The van der Waals surface area contributed by atoms with Crippen LogP contribution in [0.3, 0.4) is 0 Å². The second-order valence-electron chi connectivity index (χ2n) is 7.41. The highest BCUT2D eigenvalue weighted by Crippen LogP contribution is 2.58. The van der Waals surface area contributed by atoms with Crippen molar-refractivity contribution in [2.75, 3.05) is 19.3 Å². The first-order valence-corrected chi connectivity index (χ1v) is 9.95. The molecule has 1 aromatic heterocycles. The van der Waals surface area contributed by atoms with Crippen LogP contribution in [0, 0.1) is 11.8 Å². The number of amides is 1. The molecule has 132 valence electrons. The monoisotopic (exact) mass is 373 g/mol. The van der Waals surface area contributed by atoms with Crippen LogP contribution in [0.5, 0.6) is 0 Å². The number of hydrogen-bond acceptors (Lipinski definition) is 6. The van der Waals surface area contributed by atoms with Gasteiger partial charge in [-0.3, -0.25) is 0 Å². The van der Waals surface area contributed by atoms with Crippen molar-refractivity contribution in [1.82, 2.24) is 14.9 Å². The first-order valence-electron chi connectivity index (χ1n) is 7.68. The lowest BCUT2D eigenvalue weighted by molar-refractivity contribution is 0.0270. The van der Waals surface area contributed by atoms with Crippen LogP contribution in [-0.2, 0) is 14.6 Å². The molecule has 3 rings (SSSR count). The number of carbonyl (C=O) groups is 1. The Morgan fingerprint density at radius 2 is 1.88 bits per heavy atom. The SMILES string of the molecule is CC(C)(C)OC(=O)N1CC2C(c3cc(Cl)nc(S(C)(=O)=O)n3)[C@H]2C1. The number of aromatic nitrogens is 2. The minimum atomic E-state index is -3.51. The number of piperidine rings is 1. The molecule has 0 bridgehead atoms. The number of ether oxygens (including phenoxy) is 1. The summed E-state index contributed by atoms with van der Waals surface area (Å²) in [6.07, 6.45) is 0.742. The fourth-order valence-electron chi connectivity index (χ4n) is 3.19. The van der Waals surface area contributed by atoms with Crippen LogP contribution in [0.2, 0.25) is 5.15 Å². The lowest BCUT2D eigenvalue weighted by Crippen LogP contribution is -2.36. The van der Waals surface area contributed by atoms with Crippen molar-refractivity contribution < 1.29 is 17.9 Å². The lowest BCUT2D eigenvalue weighted by atomic mass is 10.2. The average molecular weight is 374 g/mol. The molecule has 0 aromatic carbocycles. The van der Waals surface area contributed by atoms with Gasteiger partial charge in [-0.15, -0.1) is 0 Å². The quantitative estimate of drug-likeness (QED) is 0.582. The predicted molar refractivity (Wildman–Crippen MR) is 87.7 cm³/mol. The summed E-state index contributed by atoms with van der Waals surface area (Å²) in [4.78, 5) is 21.7. The van der Waals surface area contributed by atoms with Crippen molar-refractivity contribution >= 4 is 27.5 Å². The number of rotatable bonds is 2. The fourth-order valence-corrected chi connectivity index (χ4v) is 3.97. The van der Waals surface area contributed by atoms with E-state index >= 15 is 0 Å². The topological polar surface area (TPSA) is 89.5 Å². The standard InChI is InChI=1S/C15H20ClN3O4S/c1-15(2,3)23-14(20)19-6-8-9(7-19)12(8)10-5-11(16)18-13(17-10)24(4,21)22/h5,8-9,12H,6-7H2,1-4H3/t8-,9?,12?/m0/s1. The summed E-state index contributed by atoms with van der Waals surface area (Å²) in [7, 11) is -3.51. The van der Waals surface area contributed by atoms with E-state index in [1.54, 1.807) is 11.0 Å². The molecule has 0 spiro atoms. The number of hydrogen-bond donors (Lipinski definition) is 0. The molecule has 1 saturated carbocycles. The average Bonchev–Trinajstić information content (AvgIpc) is 2.89. The van der Waals surface area contributed by atoms with E-state index < -0.39 is 15.4 Å². The number of fused-ring (bicyclic) bond motifs is 1. The maximum absolute atomic E-state index is 12.1. The smallest absolute Gasteiger partial charge is 0.410 e. The summed E-state index contributed by atoms with van der Waals surface area (Å²) in [6.45, 7) is 6.67. The summed E-state index contributed by atoms with van der Waals surface area (Å²) in [5, 5.41) is -0.131. The summed E-state index contributed by atoms with van der Waals surface area (Å²) < 4.78 is 28.7. The Kier molecular flexibility index (Phi) is 4.03. The fraction of sp³-hybridized carbons (Fsp3) is 0.667. The normalized spacial score (nSPS) is 26.2. The molecule has 1 amide bonds. The van der Waals surface area contributed by atoms with Crippen LogP contribution in [0.4, 0.5) is 4.79 Å². The van der Waals surface area contributed by atoms with Gasteiger partial charge in [0.05, 0.1) is 5.69 Å². The molecule has 3 atom stereocenters. The van der Waals surface area contributed by atoms with Gasteiger partial charge in [-0.2, -0.15) is 0 Å². The van der Waals surface area contributed by atoms with Crippen molar-refractivity contribution in [1.29, 1.82) is 0 Å². The largest absolute Gasteiger partial charge is 0.444 e. The van der Waals surface area contributed by atoms with Gasteiger partial charge in [-0.25, -0.2) is 23.2 Å². The van der Waals surface area contributed by atoms with E-state index in [1.165, 1.54) is 0 Å². The van der Waals surface area contributed by atoms with Gasteiger partial charge >= 0.3 is 6.09 Å². The first kappa shape index (κ1) is 17.4. The minimum absolute atomic E-state index is 0.115. The second-order valence-corrected chi connectivity index (χ2v) is 9.71. The van der Waals surface area contributed by atoms with E-state index in [2.05, 4.69) is 9.97 Å². The zero-order chi connectivity index (χ0) is 17.9. The van der Waals surface area contributed by atoms with Crippen molar-refractivity contribution in [2.45, 2.75) is 37.4 Å². The van der Waals surface area contributed by atoms with Gasteiger partial charge in [0.25, 0.3) is 0 Å².